The molecule has 2 aromatic carbocycles. The lowest BCUT2D eigenvalue weighted by atomic mass is 10.1. The molecule has 2 nitrogen and oxygen atoms in total. The molecule has 0 atom stereocenters. The molecular formula is C17H19Br2NO. The Labute approximate surface area is 143 Å². The predicted molar refractivity (Wildman–Crippen MR) is 94.9 cm³/mol. The standard InChI is InChI=1S/C17H19Br2NO/c1-11-6-15(7-12(2)17(11)19)21-10-14-5-4-13(9-20-3)8-16(14)18/h4-8,20H,9-10H2,1-3H3. The third-order valence-electron chi connectivity index (χ3n) is 3.30. The van der Waals surface area contributed by atoms with Crippen LogP contribution in [0, 0.1) is 13.8 Å². The lowest BCUT2D eigenvalue weighted by Crippen LogP contribution is -2.05. The van der Waals surface area contributed by atoms with E-state index in [4.69, 9.17) is 4.74 Å². The Balaban J connectivity index is 2.09. The van der Waals surface area contributed by atoms with Crippen molar-refractivity contribution < 1.29 is 4.74 Å². The second kappa shape index (κ2) is 7.43. The molecule has 0 bridgehead atoms. The maximum absolute atomic E-state index is 5.92. The van der Waals surface area contributed by atoms with E-state index in [1.54, 1.807) is 0 Å². The van der Waals surface area contributed by atoms with Gasteiger partial charge in [-0.1, -0.05) is 44.0 Å². The van der Waals surface area contributed by atoms with E-state index in [1.807, 2.05) is 7.05 Å². The molecule has 2 aromatic rings. The summed E-state index contributed by atoms with van der Waals surface area (Å²) in [5.41, 5.74) is 4.78. The summed E-state index contributed by atoms with van der Waals surface area (Å²) in [6.45, 7) is 5.57. The lowest BCUT2D eigenvalue weighted by molar-refractivity contribution is 0.305. The molecule has 1 N–H and O–H groups in total. The van der Waals surface area contributed by atoms with Gasteiger partial charge in [-0.25, -0.2) is 0 Å². The number of benzene rings is 2. The minimum Gasteiger partial charge on any atom is -0.489 e. The topological polar surface area (TPSA) is 21.3 Å². The van der Waals surface area contributed by atoms with Crippen LogP contribution in [-0.2, 0) is 13.2 Å². The average Bonchev–Trinajstić information content (AvgIpc) is 2.44. The molecule has 0 spiro atoms. The number of hydrogen-bond acceptors (Lipinski definition) is 2. The van der Waals surface area contributed by atoms with Gasteiger partial charge in [-0.2, -0.15) is 0 Å². The van der Waals surface area contributed by atoms with Crippen LogP contribution in [0.4, 0.5) is 0 Å². The van der Waals surface area contributed by atoms with Crippen molar-refractivity contribution in [2.75, 3.05) is 7.05 Å². The van der Waals surface area contributed by atoms with Crippen molar-refractivity contribution in [1.29, 1.82) is 0 Å². The largest absolute Gasteiger partial charge is 0.489 e. The van der Waals surface area contributed by atoms with Gasteiger partial charge in [0.2, 0.25) is 0 Å². The number of nitrogens with one attached hydrogen (secondary N) is 1. The molecule has 0 aliphatic carbocycles. The van der Waals surface area contributed by atoms with Crippen LogP contribution in [0.3, 0.4) is 0 Å². The summed E-state index contributed by atoms with van der Waals surface area (Å²) in [5.74, 6) is 0.902. The fourth-order valence-corrected chi connectivity index (χ4v) is 2.94. The van der Waals surface area contributed by atoms with Gasteiger partial charge >= 0.3 is 0 Å². The highest BCUT2D eigenvalue weighted by Crippen LogP contribution is 2.27. The van der Waals surface area contributed by atoms with E-state index >= 15 is 0 Å². The average molecular weight is 413 g/mol. The SMILES string of the molecule is CNCc1ccc(COc2cc(C)c(Br)c(C)c2)c(Br)c1. The zero-order chi connectivity index (χ0) is 15.4. The number of aryl methyl sites for hydroxylation is 2. The van der Waals surface area contributed by atoms with Crippen molar-refractivity contribution in [2.45, 2.75) is 27.0 Å². The van der Waals surface area contributed by atoms with Crippen LogP contribution >= 0.6 is 31.9 Å². The molecule has 0 radical (unpaired) electrons. The van der Waals surface area contributed by atoms with Crippen LogP contribution in [0.5, 0.6) is 5.75 Å². The molecule has 0 heterocycles. The molecule has 0 saturated heterocycles. The number of rotatable bonds is 5. The van der Waals surface area contributed by atoms with E-state index in [1.165, 1.54) is 16.7 Å². The highest BCUT2D eigenvalue weighted by Gasteiger charge is 2.06. The van der Waals surface area contributed by atoms with Crippen molar-refractivity contribution in [3.05, 3.63) is 61.5 Å². The van der Waals surface area contributed by atoms with Crippen molar-refractivity contribution >= 4 is 31.9 Å². The quantitative estimate of drug-likeness (QED) is 0.735. The molecule has 21 heavy (non-hydrogen) atoms. The molecule has 0 unspecified atom stereocenters. The summed E-state index contributed by atoms with van der Waals surface area (Å²) in [5, 5.41) is 3.15. The summed E-state index contributed by atoms with van der Waals surface area (Å²) in [7, 11) is 1.95. The van der Waals surface area contributed by atoms with E-state index in [9.17, 15) is 0 Å². The van der Waals surface area contributed by atoms with Gasteiger partial charge in [0.15, 0.2) is 0 Å². The Hall–Kier alpha value is -0.840. The summed E-state index contributed by atoms with van der Waals surface area (Å²) in [6.07, 6.45) is 0. The summed E-state index contributed by atoms with van der Waals surface area (Å²) in [4.78, 5) is 0. The first-order valence-corrected chi connectivity index (χ1v) is 8.41. The minimum atomic E-state index is 0.556. The molecule has 4 heteroatoms. The van der Waals surface area contributed by atoms with Gasteiger partial charge in [-0.05, 0) is 55.8 Å². The maximum atomic E-state index is 5.92. The lowest BCUT2D eigenvalue weighted by Gasteiger charge is -2.12. The predicted octanol–water partition coefficient (Wildman–Crippen LogP) is 5.13. The monoisotopic (exact) mass is 411 g/mol. The van der Waals surface area contributed by atoms with Crippen molar-refractivity contribution in [3.8, 4) is 5.75 Å². The molecule has 0 aliphatic heterocycles. The van der Waals surface area contributed by atoms with Crippen molar-refractivity contribution in [3.63, 3.8) is 0 Å². The molecule has 0 fully saturated rings. The second-order valence-corrected chi connectivity index (χ2v) is 6.76. The van der Waals surface area contributed by atoms with E-state index in [0.29, 0.717) is 6.61 Å². The Morgan fingerprint density at radius 1 is 1.05 bits per heavy atom. The third-order valence-corrected chi connectivity index (χ3v) is 5.29. The van der Waals surface area contributed by atoms with Crippen molar-refractivity contribution in [1.82, 2.24) is 5.32 Å². The summed E-state index contributed by atoms with van der Waals surface area (Å²) < 4.78 is 8.15. The number of halogens is 2. The summed E-state index contributed by atoms with van der Waals surface area (Å²) >= 11 is 7.19. The Kier molecular flexibility index (Phi) is 5.85. The first-order chi connectivity index (χ1) is 10.0. The Morgan fingerprint density at radius 2 is 1.71 bits per heavy atom. The molecule has 0 aliphatic rings. The van der Waals surface area contributed by atoms with Crippen LogP contribution in [0.1, 0.15) is 22.3 Å². The van der Waals surface area contributed by atoms with E-state index in [2.05, 4.69) is 81.4 Å². The van der Waals surface area contributed by atoms with Gasteiger partial charge in [0, 0.05) is 21.1 Å². The molecule has 0 saturated carbocycles. The second-order valence-electron chi connectivity index (χ2n) is 5.12. The van der Waals surface area contributed by atoms with E-state index in [0.717, 1.165) is 26.8 Å². The normalized spacial score (nSPS) is 10.7. The molecule has 0 aromatic heterocycles. The maximum Gasteiger partial charge on any atom is 0.120 e. The van der Waals surface area contributed by atoms with Crippen molar-refractivity contribution in [2.24, 2.45) is 0 Å². The highest BCUT2D eigenvalue weighted by molar-refractivity contribution is 9.10. The highest BCUT2D eigenvalue weighted by atomic mass is 79.9. The minimum absolute atomic E-state index is 0.556. The van der Waals surface area contributed by atoms with Gasteiger partial charge in [-0.3, -0.25) is 0 Å². The van der Waals surface area contributed by atoms with Crippen LogP contribution in [0.2, 0.25) is 0 Å². The number of ether oxygens (including phenoxy) is 1. The summed E-state index contributed by atoms with van der Waals surface area (Å²) in [6, 6.07) is 10.5. The fraction of sp³-hybridized carbons (Fsp3) is 0.294. The van der Waals surface area contributed by atoms with Gasteiger partial charge in [0.25, 0.3) is 0 Å². The van der Waals surface area contributed by atoms with Gasteiger partial charge in [0.05, 0.1) is 0 Å². The van der Waals surface area contributed by atoms with Crippen LogP contribution in [-0.4, -0.2) is 7.05 Å². The molecule has 112 valence electrons. The Morgan fingerprint density at radius 3 is 2.29 bits per heavy atom. The van der Waals surface area contributed by atoms with Crippen LogP contribution < -0.4 is 10.1 Å². The zero-order valence-electron chi connectivity index (χ0n) is 12.5. The Bertz CT molecular complexity index is 618. The van der Waals surface area contributed by atoms with E-state index < -0.39 is 0 Å². The molecular weight excluding hydrogens is 394 g/mol. The van der Waals surface area contributed by atoms with Crippen LogP contribution in [0.15, 0.2) is 39.3 Å². The first-order valence-electron chi connectivity index (χ1n) is 6.82. The number of hydrogen-bond donors (Lipinski definition) is 1. The first kappa shape index (κ1) is 16.5. The van der Waals surface area contributed by atoms with Crippen LogP contribution in [0.25, 0.3) is 0 Å². The third kappa shape index (κ3) is 4.31. The molecule has 2 rings (SSSR count). The van der Waals surface area contributed by atoms with Gasteiger partial charge in [0.1, 0.15) is 12.4 Å². The van der Waals surface area contributed by atoms with Gasteiger partial charge < -0.3 is 10.1 Å². The zero-order valence-corrected chi connectivity index (χ0v) is 15.6. The molecule has 0 amide bonds. The fourth-order valence-electron chi connectivity index (χ4n) is 2.17. The van der Waals surface area contributed by atoms with E-state index in [-0.39, 0.29) is 0 Å². The smallest absolute Gasteiger partial charge is 0.120 e. The van der Waals surface area contributed by atoms with Gasteiger partial charge in [-0.15, -0.1) is 0 Å².